The Bertz CT molecular complexity index is 1290. The van der Waals surface area contributed by atoms with Gasteiger partial charge in [-0.05, 0) is 38.5 Å². The number of carbonyl (C=O) groups is 2. The Balaban J connectivity index is 1.80. The Labute approximate surface area is 182 Å². The molecule has 3 heterocycles. The first-order valence-corrected chi connectivity index (χ1v) is 10.5. The van der Waals surface area contributed by atoms with Crippen molar-refractivity contribution in [2.45, 2.75) is 20.8 Å². The zero-order valence-electron chi connectivity index (χ0n) is 17.2. The van der Waals surface area contributed by atoms with Crippen molar-refractivity contribution < 1.29 is 18.7 Å². The molecule has 0 aliphatic heterocycles. The van der Waals surface area contributed by atoms with E-state index in [2.05, 4.69) is 10.3 Å². The van der Waals surface area contributed by atoms with Gasteiger partial charge in [-0.25, -0.2) is 14.2 Å². The maximum atomic E-state index is 13.8. The summed E-state index contributed by atoms with van der Waals surface area (Å²) >= 11 is 1.29. The van der Waals surface area contributed by atoms with Crippen molar-refractivity contribution in [3.05, 3.63) is 76.3 Å². The monoisotopic (exact) mass is 437 g/mol. The minimum atomic E-state index is -0.512. The highest BCUT2D eigenvalue weighted by Crippen LogP contribution is 2.40. The molecule has 1 aromatic carbocycles. The molecule has 6 nitrogen and oxygen atoms in total. The summed E-state index contributed by atoms with van der Waals surface area (Å²) in [7, 11) is 0. The predicted octanol–water partition coefficient (Wildman–Crippen LogP) is 5.25. The van der Waals surface area contributed by atoms with E-state index in [4.69, 9.17) is 4.74 Å². The number of ether oxygens (including phenoxy) is 1. The first-order chi connectivity index (χ1) is 14.9. The first kappa shape index (κ1) is 20.7. The van der Waals surface area contributed by atoms with Gasteiger partial charge in [-0.15, -0.1) is 11.3 Å². The lowest BCUT2D eigenvalue weighted by Crippen LogP contribution is -2.17. The van der Waals surface area contributed by atoms with E-state index < -0.39 is 17.7 Å². The molecule has 4 rings (SSSR count). The summed E-state index contributed by atoms with van der Waals surface area (Å²) in [5.74, 6) is -1.48. The number of pyridine rings is 1. The highest BCUT2D eigenvalue weighted by molar-refractivity contribution is 7.17. The number of carbonyl (C=O) groups excluding carboxylic acids is 2. The Morgan fingerprint density at radius 3 is 2.61 bits per heavy atom. The Morgan fingerprint density at radius 2 is 1.90 bits per heavy atom. The Hall–Kier alpha value is -3.52. The number of amides is 1. The first-order valence-electron chi connectivity index (χ1n) is 9.72. The van der Waals surface area contributed by atoms with Gasteiger partial charge in [0.1, 0.15) is 27.7 Å². The van der Waals surface area contributed by atoms with Gasteiger partial charge < -0.3 is 10.1 Å². The minimum absolute atomic E-state index is 0.205. The number of nitrogens with zero attached hydrogens (tertiary/aromatic N) is 2. The van der Waals surface area contributed by atoms with Gasteiger partial charge in [0, 0.05) is 16.6 Å². The summed E-state index contributed by atoms with van der Waals surface area (Å²) in [4.78, 5) is 31.2. The smallest absolute Gasteiger partial charge is 0.341 e. The number of benzene rings is 1. The summed E-state index contributed by atoms with van der Waals surface area (Å²) in [6.07, 6.45) is 1.21. The molecule has 1 amide bonds. The largest absolute Gasteiger partial charge is 0.462 e. The molecule has 4 aromatic rings. The van der Waals surface area contributed by atoms with E-state index in [-0.39, 0.29) is 12.3 Å². The maximum absolute atomic E-state index is 13.8. The fourth-order valence-corrected chi connectivity index (χ4v) is 4.61. The third-order valence-electron chi connectivity index (χ3n) is 4.83. The van der Waals surface area contributed by atoms with E-state index in [9.17, 15) is 14.0 Å². The molecule has 8 heteroatoms. The molecule has 0 aliphatic carbocycles. The topological polar surface area (TPSA) is 72.7 Å². The van der Waals surface area contributed by atoms with Crippen LogP contribution in [0.3, 0.4) is 0 Å². The second kappa shape index (κ2) is 8.31. The summed E-state index contributed by atoms with van der Waals surface area (Å²) in [6.45, 7) is 5.51. The van der Waals surface area contributed by atoms with Crippen LogP contribution in [-0.4, -0.2) is 27.9 Å². The van der Waals surface area contributed by atoms with Gasteiger partial charge in [0.25, 0.3) is 5.91 Å². The predicted molar refractivity (Wildman–Crippen MR) is 118 cm³/mol. The summed E-state index contributed by atoms with van der Waals surface area (Å²) < 4.78 is 20.5. The molecule has 0 radical (unpaired) electrons. The SMILES string of the molecule is CCOC(=O)c1c(NC(=O)c2c(C)nc3ccc(F)cn23)sc(C)c1-c1ccccc1. The summed E-state index contributed by atoms with van der Waals surface area (Å²) in [6, 6.07) is 12.3. The molecular formula is C23H20FN3O3S. The van der Waals surface area contributed by atoms with Crippen LogP contribution in [-0.2, 0) is 4.74 Å². The van der Waals surface area contributed by atoms with Crippen LogP contribution in [0.2, 0.25) is 0 Å². The van der Waals surface area contributed by atoms with Crippen LogP contribution in [0.25, 0.3) is 16.8 Å². The number of hydrogen-bond donors (Lipinski definition) is 1. The van der Waals surface area contributed by atoms with E-state index in [0.29, 0.717) is 21.9 Å². The van der Waals surface area contributed by atoms with Crippen LogP contribution in [0, 0.1) is 19.7 Å². The van der Waals surface area contributed by atoms with Crippen molar-refractivity contribution in [2.75, 3.05) is 11.9 Å². The number of nitrogens with one attached hydrogen (secondary N) is 1. The summed E-state index contributed by atoms with van der Waals surface area (Å²) in [5.41, 5.74) is 3.01. The Morgan fingerprint density at radius 1 is 1.16 bits per heavy atom. The number of imidazole rings is 1. The number of rotatable bonds is 5. The van der Waals surface area contributed by atoms with Crippen molar-refractivity contribution in [1.29, 1.82) is 0 Å². The van der Waals surface area contributed by atoms with E-state index in [1.807, 2.05) is 37.3 Å². The number of aryl methyl sites for hydroxylation is 2. The lowest BCUT2D eigenvalue weighted by Gasteiger charge is -2.09. The number of anilines is 1. The highest BCUT2D eigenvalue weighted by atomic mass is 32.1. The molecule has 0 saturated carbocycles. The molecule has 0 atom stereocenters. The number of halogens is 1. The van der Waals surface area contributed by atoms with Crippen LogP contribution >= 0.6 is 11.3 Å². The second-order valence-corrected chi connectivity index (χ2v) is 8.12. The number of thiophene rings is 1. The van der Waals surface area contributed by atoms with Crippen molar-refractivity contribution in [2.24, 2.45) is 0 Å². The fraction of sp³-hybridized carbons (Fsp3) is 0.174. The standard InChI is InChI=1S/C23H20FN3O3S/c1-4-30-23(29)19-18(15-8-6-5-7-9-15)14(3)31-22(19)26-21(28)20-13(2)25-17-11-10-16(24)12-27(17)20/h5-12H,4H2,1-3H3,(H,26,28). The molecule has 0 saturated heterocycles. The Kier molecular flexibility index (Phi) is 5.56. The zero-order valence-corrected chi connectivity index (χ0v) is 18.0. The van der Waals surface area contributed by atoms with E-state index in [0.717, 1.165) is 16.0 Å². The van der Waals surface area contributed by atoms with Crippen molar-refractivity contribution in [3.8, 4) is 11.1 Å². The molecule has 3 aromatic heterocycles. The van der Waals surface area contributed by atoms with E-state index in [1.165, 1.54) is 34.1 Å². The zero-order chi connectivity index (χ0) is 22.1. The van der Waals surface area contributed by atoms with Gasteiger partial charge >= 0.3 is 5.97 Å². The van der Waals surface area contributed by atoms with Gasteiger partial charge in [0.15, 0.2) is 0 Å². The van der Waals surface area contributed by atoms with Gasteiger partial charge in [-0.2, -0.15) is 0 Å². The fourth-order valence-electron chi connectivity index (χ4n) is 3.56. The van der Waals surface area contributed by atoms with Gasteiger partial charge in [-0.3, -0.25) is 9.20 Å². The van der Waals surface area contributed by atoms with Crippen LogP contribution in [0.5, 0.6) is 0 Å². The summed E-state index contributed by atoms with van der Waals surface area (Å²) in [5, 5.41) is 3.21. The van der Waals surface area contributed by atoms with Crippen LogP contribution < -0.4 is 5.32 Å². The van der Waals surface area contributed by atoms with E-state index >= 15 is 0 Å². The lowest BCUT2D eigenvalue weighted by molar-refractivity contribution is 0.0529. The molecule has 0 aliphatic rings. The molecule has 0 unspecified atom stereocenters. The van der Waals surface area contributed by atoms with Crippen molar-refractivity contribution in [1.82, 2.24) is 9.38 Å². The maximum Gasteiger partial charge on any atom is 0.341 e. The molecule has 0 spiro atoms. The third kappa shape index (κ3) is 3.82. The quantitative estimate of drug-likeness (QED) is 0.433. The number of aromatic nitrogens is 2. The lowest BCUT2D eigenvalue weighted by atomic mass is 10.0. The number of esters is 1. The molecule has 1 N–H and O–H groups in total. The van der Waals surface area contributed by atoms with Gasteiger partial charge in [-0.1, -0.05) is 30.3 Å². The van der Waals surface area contributed by atoms with Crippen LogP contribution in [0.1, 0.15) is 38.3 Å². The highest BCUT2D eigenvalue weighted by Gasteiger charge is 2.27. The molecule has 0 bridgehead atoms. The molecule has 0 fully saturated rings. The average Bonchev–Trinajstić information content (AvgIpc) is 3.24. The molecular weight excluding hydrogens is 417 g/mol. The van der Waals surface area contributed by atoms with Gasteiger partial charge in [0.05, 0.1) is 12.3 Å². The van der Waals surface area contributed by atoms with Crippen molar-refractivity contribution in [3.63, 3.8) is 0 Å². The third-order valence-corrected chi connectivity index (χ3v) is 5.85. The van der Waals surface area contributed by atoms with Crippen LogP contribution in [0.15, 0.2) is 48.7 Å². The second-order valence-electron chi connectivity index (χ2n) is 6.90. The van der Waals surface area contributed by atoms with Crippen molar-refractivity contribution >= 4 is 33.9 Å². The molecule has 158 valence electrons. The number of fused-ring (bicyclic) bond motifs is 1. The van der Waals surface area contributed by atoms with Crippen LogP contribution in [0.4, 0.5) is 9.39 Å². The average molecular weight is 437 g/mol. The number of hydrogen-bond acceptors (Lipinski definition) is 5. The molecule has 31 heavy (non-hydrogen) atoms. The van der Waals surface area contributed by atoms with E-state index in [1.54, 1.807) is 13.8 Å². The van der Waals surface area contributed by atoms with Gasteiger partial charge in [0.2, 0.25) is 0 Å². The minimum Gasteiger partial charge on any atom is -0.462 e. The normalized spacial score (nSPS) is 11.0.